The van der Waals surface area contributed by atoms with Crippen LogP contribution in [0.5, 0.6) is 0 Å². The standard InChI is InChI=1S/C16H14N6O3/c1-10-3-5-13(8-15(10)21-9-17-19-20-21)18-16(23)12-4-6-14(22(24)25)11(2)7-12/h3-9H,1-2H3,(H,18,23). The number of hydrogen-bond acceptors (Lipinski definition) is 6. The van der Waals surface area contributed by atoms with E-state index < -0.39 is 4.92 Å². The van der Waals surface area contributed by atoms with E-state index in [-0.39, 0.29) is 11.6 Å². The van der Waals surface area contributed by atoms with Gasteiger partial charge in [-0.15, -0.1) is 5.10 Å². The largest absolute Gasteiger partial charge is 0.322 e. The van der Waals surface area contributed by atoms with E-state index in [1.807, 2.05) is 13.0 Å². The summed E-state index contributed by atoms with van der Waals surface area (Å²) in [6.07, 6.45) is 1.47. The molecule has 1 aromatic heterocycles. The van der Waals surface area contributed by atoms with Gasteiger partial charge in [0.05, 0.1) is 10.6 Å². The summed E-state index contributed by atoms with van der Waals surface area (Å²) >= 11 is 0. The van der Waals surface area contributed by atoms with Crippen LogP contribution in [0.1, 0.15) is 21.5 Å². The lowest BCUT2D eigenvalue weighted by Gasteiger charge is -2.10. The van der Waals surface area contributed by atoms with E-state index >= 15 is 0 Å². The molecule has 0 saturated carbocycles. The van der Waals surface area contributed by atoms with Gasteiger partial charge in [-0.1, -0.05) is 6.07 Å². The van der Waals surface area contributed by atoms with E-state index in [9.17, 15) is 14.9 Å². The Morgan fingerprint density at radius 1 is 1.16 bits per heavy atom. The molecule has 0 aliphatic rings. The zero-order valence-electron chi connectivity index (χ0n) is 13.5. The first-order valence-electron chi connectivity index (χ1n) is 7.36. The van der Waals surface area contributed by atoms with Crippen LogP contribution in [0.2, 0.25) is 0 Å². The van der Waals surface area contributed by atoms with Crippen LogP contribution in [0.15, 0.2) is 42.7 Å². The molecule has 0 aliphatic carbocycles. The summed E-state index contributed by atoms with van der Waals surface area (Å²) in [5.41, 5.74) is 2.99. The molecule has 0 aliphatic heterocycles. The molecule has 0 spiro atoms. The third-order valence-corrected chi connectivity index (χ3v) is 3.72. The number of aryl methyl sites for hydroxylation is 2. The maximum atomic E-state index is 12.4. The third kappa shape index (κ3) is 3.34. The fourth-order valence-electron chi connectivity index (χ4n) is 2.41. The number of nitrogens with zero attached hydrogens (tertiary/aromatic N) is 5. The maximum absolute atomic E-state index is 12.4. The second-order valence-electron chi connectivity index (χ2n) is 5.47. The van der Waals surface area contributed by atoms with Gasteiger partial charge < -0.3 is 5.32 Å². The van der Waals surface area contributed by atoms with Gasteiger partial charge in [0, 0.05) is 22.9 Å². The highest BCUT2D eigenvalue weighted by Gasteiger charge is 2.14. The van der Waals surface area contributed by atoms with E-state index in [2.05, 4.69) is 20.8 Å². The minimum absolute atomic E-state index is 0.0205. The van der Waals surface area contributed by atoms with Crippen LogP contribution in [0, 0.1) is 24.0 Å². The van der Waals surface area contributed by atoms with Crippen LogP contribution >= 0.6 is 0 Å². The molecule has 0 atom stereocenters. The molecule has 0 saturated heterocycles. The molecular weight excluding hydrogens is 324 g/mol. The fraction of sp³-hybridized carbons (Fsp3) is 0.125. The molecule has 9 heteroatoms. The fourth-order valence-corrected chi connectivity index (χ4v) is 2.41. The number of nitro groups is 1. The first-order valence-corrected chi connectivity index (χ1v) is 7.36. The number of anilines is 1. The highest BCUT2D eigenvalue weighted by molar-refractivity contribution is 6.04. The highest BCUT2D eigenvalue weighted by atomic mass is 16.6. The van der Waals surface area contributed by atoms with Crippen LogP contribution in [0.25, 0.3) is 5.69 Å². The number of carbonyl (C=O) groups excluding carboxylic acids is 1. The molecule has 2 aromatic carbocycles. The Kier molecular flexibility index (Phi) is 4.21. The predicted octanol–water partition coefficient (Wildman–Crippen LogP) is 2.44. The molecule has 0 fully saturated rings. The van der Waals surface area contributed by atoms with E-state index in [1.165, 1.54) is 29.2 Å². The van der Waals surface area contributed by atoms with E-state index in [1.54, 1.807) is 19.1 Å². The minimum Gasteiger partial charge on any atom is -0.322 e. The number of amides is 1. The van der Waals surface area contributed by atoms with Crippen molar-refractivity contribution in [3.63, 3.8) is 0 Å². The van der Waals surface area contributed by atoms with Crippen molar-refractivity contribution in [2.45, 2.75) is 13.8 Å². The second-order valence-corrected chi connectivity index (χ2v) is 5.47. The van der Waals surface area contributed by atoms with E-state index in [4.69, 9.17) is 0 Å². The number of carbonyl (C=O) groups is 1. The summed E-state index contributed by atoms with van der Waals surface area (Å²) in [7, 11) is 0. The van der Waals surface area contributed by atoms with Gasteiger partial charge in [-0.3, -0.25) is 14.9 Å². The topological polar surface area (TPSA) is 116 Å². The second kappa shape index (κ2) is 6.48. The molecule has 1 N–H and O–H groups in total. The number of hydrogen-bond donors (Lipinski definition) is 1. The average molecular weight is 338 g/mol. The van der Waals surface area contributed by atoms with E-state index in [0.29, 0.717) is 16.8 Å². The lowest BCUT2D eigenvalue weighted by Crippen LogP contribution is -2.13. The summed E-state index contributed by atoms with van der Waals surface area (Å²) in [6, 6.07) is 9.60. The summed E-state index contributed by atoms with van der Waals surface area (Å²) in [4.78, 5) is 22.8. The Bertz CT molecular complexity index is 953. The van der Waals surface area contributed by atoms with Crippen molar-refractivity contribution in [1.29, 1.82) is 0 Å². The number of nitro benzene ring substituents is 1. The first kappa shape index (κ1) is 16.2. The Hall–Kier alpha value is -3.62. The van der Waals surface area contributed by atoms with Gasteiger partial charge in [-0.05, 0) is 54.1 Å². The quantitative estimate of drug-likeness (QED) is 0.577. The van der Waals surface area contributed by atoms with Crippen molar-refractivity contribution in [1.82, 2.24) is 20.2 Å². The lowest BCUT2D eigenvalue weighted by atomic mass is 10.1. The molecule has 126 valence electrons. The van der Waals surface area contributed by atoms with Crippen molar-refractivity contribution >= 4 is 17.3 Å². The predicted molar refractivity (Wildman–Crippen MR) is 89.7 cm³/mol. The van der Waals surface area contributed by atoms with Gasteiger partial charge in [-0.2, -0.15) is 0 Å². The average Bonchev–Trinajstić information content (AvgIpc) is 3.10. The van der Waals surface area contributed by atoms with Crippen molar-refractivity contribution < 1.29 is 9.72 Å². The first-order chi connectivity index (χ1) is 12.0. The molecule has 3 aromatic rings. The zero-order chi connectivity index (χ0) is 18.0. The molecule has 9 nitrogen and oxygen atoms in total. The molecule has 25 heavy (non-hydrogen) atoms. The molecule has 0 unspecified atom stereocenters. The van der Waals surface area contributed by atoms with E-state index in [0.717, 1.165) is 11.3 Å². The number of benzene rings is 2. The molecular formula is C16H14N6O3. The monoisotopic (exact) mass is 338 g/mol. The van der Waals surface area contributed by atoms with Crippen LogP contribution in [-0.2, 0) is 0 Å². The Balaban J connectivity index is 1.85. The molecule has 3 rings (SSSR count). The van der Waals surface area contributed by atoms with Gasteiger partial charge in [0.25, 0.3) is 11.6 Å². The van der Waals surface area contributed by atoms with Crippen LogP contribution < -0.4 is 5.32 Å². The molecule has 1 amide bonds. The summed E-state index contributed by atoms with van der Waals surface area (Å²) in [5, 5.41) is 24.7. The zero-order valence-corrected chi connectivity index (χ0v) is 13.5. The van der Waals surface area contributed by atoms with Crippen molar-refractivity contribution in [2.75, 3.05) is 5.32 Å². The van der Waals surface area contributed by atoms with Crippen LogP contribution in [0.4, 0.5) is 11.4 Å². The normalized spacial score (nSPS) is 10.5. The van der Waals surface area contributed by atoms with Crippen molar-refractivity contribution in [2.24, 2.45) is 0 Å². The van der Waals surface area contributed by atoms with Crippen LogP contribution in [0.3, 0.4) is 0 Å². The van der Waals surface area contributed by atoms with Gasteiger partial charge >= 0.3 is 0 Å². The number of rotatable bonds is 4. The Morgan fingerprint density at radius 3 is 2.60 bits per heavy atom. The molecule has 1 heterocycles. The lowest BCUT2D eigenvalue weighted by molar-refractivity contribution is -0.385. The summed E-state index contributed by atoms with van der Waals surface area (Å²) in [6.45, 7) is 3.50. The number of aromatic nitrogens is 4. The smallest absolute Gasteiger partial charge is 0.272 e. The number of nitrogens with one attached hydrogen (secondary N) is 1. The maximum Gasteiger partial charge on any atom is 0.272 e. The summed E-state index contributed by atoms with van der Waals surface area (Å²) in [5.74, 6) is -0.357. The molecule has 0 radical (unpaired) electrons. The third-order valence-electron chi connectivity index (χ3n) is 3.72. The SMILES string of the molecule is Cc1ccc(NC(=O)c2ccc([N+](=O)[O-])c(C)c2)cc1-n1cnnn1. The molecule has 0 bridgehead atoms. The van der Waals surface area contributed by atoms with Crippen molar-refractivity contribution in [3.8, 4) is 5.69 Å². The van der Waals surface area contributed by atoms with Gasteiger partial charge in [0.1, 0.15) is 6.33 Å². The number of tetrazole rings is 1. The summed E-state index contributed by atoms with van der Waals surface area (Å²) < 4.78 is 1.50. The van der Waals surface area contributed by atoms with Gasteiger partial charge in [0.15, 0.2) is 0 Å². The highest BCUT2D eigenvalue weighted by Crippen LogP contribution is 2.21. The van der Waals surface area contributed by atoms with Crippen molar-refractivity contribution in [3.05, 3.63) is 69.5 Å². The minimum atomic E-state index is -0.477. The Morgan fingerprint density at radius 2 is 1.96 bits per heavy atom. The Labute approximate surface area is 142 Å². The van der Waals surface area contributed by atoms with Crippen LogP contribution in [-0.4, -0.2) is 31.0 Å². The van der Waals surface area contributed by atoms with Gasteiger partial charge in [0.2, 0.25) is 0 Å². The van der Waals surface area contributed by atoms with Gasteiger partial charge in [-0.25, -0.2) is 4.68 Å².